The number of ether oxygens (including phenoxy) is 1. The van der Waals surface area contributed by atoms with Gasteiger partial charge in [0.2, 0.25) is 11.9 Å². The molecule has 4 heterocycles. The molecule has 33 heavy (non-hydrogen) atoms. The topological polar surface area (TPSA) is 118 Å². The Balaban J connectivity index is 1.59. The molecule has 10 heteroatoms. The Labute approximate surface area is 198 Å². The van der Waals surface area contributed by atoms with Crippen LogP contribution in [0.3, 0.4) is 0 Å². The fraction of sp³-hybridized carbons (Fsp3) is 0.565. The molecule has 1 saturated heterocycles. The molecule has 2 aromatic rings. The van der Waals surface area contributed by atoms with Gasteiger partial charge in [-0.2, -0.15) is 4.98 Å². The SMILES string of the molecule is CCc1c(C)ncc(CN2CC(CC(=O)N3CCOC(CO)C3)c3c(Cl)nc(N)nc32)c1C. The summed E-state index contributed by atoms with van der Waals surface area (Å²) in [5.74, 6) is 0.644. The Kier molecular flexibility index (Phi) is 7.02. The number of anilines is 2. The summed E-state index contributed by atoms with van der Waals surface area (Å²) in [4.78, 5) is 30.2. The Bertz CT molecular complexity index is 1050. The predicted molar refractivity (Wildman–Crippen MR) is 126 cm³/mol. The van der Waals surface area contributed by atoms with Gasteiger partial charge in [-0.1, -0.05) is 18.5 Å². The molecule has 0 spiro atoms. The van der Waals surface area contributed by atoms with E-state index in [4.69, 9.17) is 22.1 Å². The summed E-state index contributed by atoms with van der Waals surface area (Å²) in [6, 6.07) is 0. The number of nitrogens with two attached hydrogens (primary N) is 1. The normalized spacial score (nSPS) is 20.3. The highest BCUT2D eigenvalue weighted by atomic mass is 35.5. The first-order valence-electron chi connectivity index (χ1n) is 11.3. The van der Waals surface area contributed by atoms with E-state index in [1.165, 1.54) is 11.1 Å². The van der Waals surface area contributed by atoms with Crippen LogP contribution in [-0.2, 0) is 22.5 Å². The molecule has 2 atom stereocenters. The third-order valence-electron chi connectivity index (χ3n) is 6.66. The fourth-order valence-electron chi connectivity index (χ4n) is 4.89. The zero-order chi connectivity index (χ0) is 23.7. The van der Waals surface area contributed by atoms with Crippen LogP contribution in [0.25, 0.3) is 0 Å². The average molecular weight is 475 g/mol. The van der Waals surface area contributed by atoms with E-state index in [0.29, 0.717) is 43.8 Å². The summed E-state index contributed by atoms with van der Waals surface area (Å²) < 4.78 is 5.47. The number of halogens is 1. The number of rotatable bonds is 6. The Hall–Kier alpha value is -2.49. The molecule has 178 valence electrons. The van der Waals surface area contributed by atoms with E-state index in [0.717, 1.165) is 23.2 Å². The molecule has 3 N–H and O–H groups in total. The van der Waals surface area contributed by atoms with Crippen molar-refractivity contribution >= 4 is 29.3 Å². The minimum atomic E-state index is -0.341. The number of aromatic nitrogens is 3. The van der Waals surface area contributed by atoms with E-state index in [2.05, 4.69) is 33.7 Å². The number of aryl methyl sites for hydroxylation is 1. The van der Waals surface area contributed by atoms with Crippen LogP contribution in [0.5, 0.6) is 0 Å². The molecule has 2 aromatic heterocycles. The van der Waals surface area contributed by atoms with Crippen molar-refractivity contribution in [1.82, 2.24) is 19.9 Å². The van der Waals surface area contributed by atoms with Crippen LogP contribution in [0.1, 0.15) is 47.2 Å². The molecule has 2 aliphatic heterocycles. The van der Waals surface area contributed by atoms with Gasteiger partial charge >= 0.3 is 0 Å². The van der Waals surface area contributed by atoms with Crippen LogP contribution < -0.4 is 10.6 Å². The maximum atomic E-state index is 13.1. The molecule has 9 nitrogen and oxygen atoms in total. The molecule has 1 fully saturated rings. The van der Waals surface area contributed by atoms with Gasteiger partial charge in [0.15, 0.2) is 0 Å². The van der Waals surface area contributed by atoms with Crippen molar-refractivity contribution < 1.29 is 14.6 Å². The molecule has 0 bridgehead atoms. The number of aliphatic hydroxyl groups is 1. The first kappa shape index (κ1) is 23.7. The van der Waals surface area contributed by atoms with Crippen LogP contribution in [0, 0.1) is 13.8 Å². The quantitative estimate of drug-likeness (QED) is 0.610. The number of amides is 1. The number of carbonyl (C=O) groups is 1. The summed E-state index contributed by atoms with van der Waals surface area (Å²) in [7, 11) is 0. The Morgan fingerprint density at radius 1 is 1.33 bits per heavy atom. The van der Waals surface area contributed by atoms with Crippen molar-refractivity contribution in [1.29, 1.82) is 0 Å². The minimum absolute atomic E-state index is 0.00361. The largest absolute Gasteiger partial charge is 0.394 e. The first-order valence-corrected chi connectivity index (χ1v) is 11.7. The van der Waals surface area contributed by atoms with Crippen LogP contribution in [0.2, 0.25) is 5.15 Å². The van der Waals surface area contributed by atoms with E-state index in [-0.39, 0.29) is 36.9 Å². The molecule has 2 aliphatic rings. The zero-order valence-electron chi connectivity index (χ0n) is 19.3. The second-order valence-electron chi connectivity index (χ2n) is 8.73. The second kappa shape index (κ2) is 9.79. The van der Waals surface area contributed by atoms with E-state index in [1.54, 1.807) is 4.90 Å². The number of fused-ring (bicyclic) bond motifs is 1. The van der Waals surface area contributed by atoms with Crippen molar-refractivity contribution in [2.75, 3.05) is 43.5 Å². The number of pyridine rings is 1. The maximum Gasteiger partial charge on any atom is 0.223 e. The lowest BCUT2D eigenvalue weighted by atomic mass is 9.99. The summed E-state index contributed by atoms with van der Waals surface area (Å²) in [5, 5.41) is 9.69. The molecule has 0 radical (unpaired) electrons. The van der Waals surface area contributed by atoms with Crippen LogP contribution >= 0.6 is 11.6 Å². The highest BCUT2D eigenvalue weighted by molar-refractivity contribution is 6.30. The number of morpholine rings is 1. The summed E-state index contributed by atoms with van der Waals surface area (Å²) >= 11 is 6.50. The van der Waals surface area contributed by atoms with Crippen LogP contribution in [-0.4, -0.2) is 69.8 Å². The van der Waals surface area contributed by atoms with Gasteiger partial charge in [0.05, 0.1) is 19.3 Å². The number of nitrogen functional groups attached to an aromatic ring is 1. The Morgan fingerprint density at radius 2 is 2.12 bits per heavy atom. The van der Waals surface area contributed by atoms with Crippen molar-refractivity contribution in [3.05, 3.63) is 39.3 Å². The van der Waals surface area contributed by atoms with Gasteiger partial charge in [0, 0.05) is 56.0 Å². The lowest BCUT2D eigenvalue weighted by molar-refractivity contribution is -0.140. The van der Waals surface area contributed by atoms with E-state index >= 15 is 0 Å². The molecule has 1 amide bonds. The molecular formula is C23H31ClN6O3. The third kappa shape index (κ3) is 4.76. The smallest absolute Gasteiger partial charge is 0.223 e. The molecular weight excluding hydrogens is 444 g/mol. The predicted octanol–water partition coefficient (Wildman–Crippen LogP) is 2.00. The van der Waals surface area contributed by atoms with Crippen LogP contribution in [0.4, 0.5) is 11.8 Å². The van der Waals surface area contributed by atoms with Crippen molar-refractivity contribution in [2.45, 2.75) is 52.2 Å². The van der Waals surface area contributed by atoms with E-state index in [1.807, 2.05) is 13.1 Å². The van der Waals surface area contributed by atoms with Gasteiger partial charge in [0.1, 0.15) is 11.0 Å². The number of hydrogen-bond acceptors (Lipinski definition) is 8. The summed E-state index contributed by atoms with van der Waals surface area (Å²) in [5.41, 5.74) is 11.3. The summed E-state index contributed by atoms with van der Waals surface area (Å²) in [6.07, 6.45) is 2.77. The number of hydrogen-bond donors (Lipinski definition) is 2. The number of carbonyl (C=O) groups excluding carboxylic acids is 1. The van der Waals surface area contributed by atoms with Gasteiger partial charge in [-0.15, -0.1) is 0 Å². The van der Waals surface area contributed by atoms with Gasteiger partial charge in [-0.05, 0) is 37.0 Å². The lowest BCUT2D eigenvalue weighted by Crippen LogP contribution is -2.47. The monoisotopic (exact) mass is 474 g/mol. The first-order chi connectivity index (χ1) is 15.8. The van der Waals surface area contributed by atoms with Crippen molar-refractivity contribution in [2.24, 2.45) is 0 Å². The Morgan fingerprint density at radius 3 is 2.85 bits per heavy atom. The maximum absolute atomic E-state index is 13.1. The van der Waals surface area contributed by atoms with Gasteiger partial charge in [0.25, 0.3) is 0 Å². The molecule has 0 aromatic carbocycles. The molecule has 0 aliphatic carbocycles. The van der Waals surface area contributed by atoms with Crippen molar-refractivity contribution in [3.63, 3.8) is 0 Å². The van der Waals surface area contributed by atoms with Crippen molar-refractivity contribution in [3.8, 4) is 0 Å². The lowest BCUT2D eigenvalue weighted by Gasteiger charge is -2.32. The molecule has 0 saturated carbocycles. The second-order valence-corrected chi connectivity index (χ2v) is 9.09. The van der Waals surface area contributed by atoms with Gasteiger partial charge < -0.3 is 25.4 Å². The standard InChI is InChI=1S/C23H31ClN6O3/c1-4-18-13(2)16(8-26-14(18)3)10-30-9-15(20-21(24)27-23(25)28-22(20)30)7-19(32)29-5-6-33-17(11-29)12-31/h8,15,17,31H,4-7,9-12H2,1-3H3,(H2,25,27,28). The fourth-order valence-corrected chi connectivity index (χ4v) is 5.21. The third-order valence-corrected chi connectivity index (χ3v) is 6.95. The highest BCUT2D eigenvalue weighted by Crippen LogP contribution is 2.42. The summed E-state index contributed by atoms with van der Waals surface area (Å²) in [6.45, 7) is 8.69. The van der Waals surface area contributed by atoms with Crippen LogP contribution in [0.15, 0.2) is 6.20 Å². The minimum Gasteiger partial charge on any atom is -0.394 e. The zero-order valence-corrected chi connectivity index (χ0v) is 20.1. The van der Waals surface area contributed by atoms with E-state index < -0.39 is 0 Å². The molecule has 2 unspecified atom stereocenters. The molecule has 4 rings (SSSR count). The van der Waals surface area contributed by atoms with E-state index in [9.17, 15) is 9.90 Å². The van der Waals surface area contributed by atoms with Gasteiger partial charge in [-0.25, -0.2) is 4.98 Å². The van der Waals surface area contributed by atoms with Gasteiger partial charge in [-0.3, -0.25) is 9.78 Å². The average Bonchev–Trinajstić information content (AvgIpc) is 3.13. The highest BCUT2D eigenvalue weighted by Gasteiger charge is 2.36. The number of nitrogens with zero attached hydrogens (tertiary/aromatic N) is 5. The number of aliphatic hydroxyl groups excluding tert-OH is 1.